The molecule has 17 heavy (non-hydrogen) atoms. The van der Waals surface area contributed by atoms with E-state index in [0.29, 0.717) is 13.1 Å². The predicted octanol–water partition coefficient (Wildman–Crippen LogP) is 2.22. The van der Waals surface area contributed by atoms with Crippen molar-refractivity contribution >= 4 is 6.03 Å². The first-order valence-electron chi connectivity index (χ1n) is 6.25. The summed E-state index contributed by atoms with van der Waals surface area (Å²) in [5.41, 5.74) is -0.831. The lowest BCUT2D eigenvalue weighted by atomic mass is 9.88. The van der Waals surface area contributed by atoms with Crippen LogP contribution in [0.1, 0.15) is 48.5 Å². The molecule has 4 heteroatoms. The zero-order valence-corrected chi connectivity index (χ0v) is 12.3. The van der Waals surface area contributed by atoms with Crippen molar-refractivity contribution in [2.24, 2.45) is 5.41 Å². The lowest BCUT2D eigenvalue weighted by Gasteiger charge is -2.33. The van der Waals surface area contributed by atoms with Crippen LogP contribution in [0.2, 0.25) is 0 Å². The number of hydrogen-bond donors (Lipinski definition) is 2. The molecule has 0 aliphatic carbocycles. The minimum absolute atomic E-state index is 0.0316. The highest BCUT2D eigenvalue weighted by Gasteiger charge is 2.26. The summed E-state index contributed by atoms with van der Waals surface area (Å²) < 4.78 is 0. The predicted molar refractivity (Wildman–Crippen MR) is 71.0 cm³/mol. The third-order valence-electron chi connectivity index (χ3n) is 2.89. The van der Waals surface area contributed by atoms with Crippen molar-refractivity contribution < 1.29 is 9.90 Å². The van der Waals surface area contributed by atoms with E-state index < -0.39 is 5.60 Å². The number of nitrogens with zero attached hydrogens (tertiary/aromatic N) is 1. The molecule has 0 rings (SSSR count). The number of nitrogens with one attached hydrogen (secondary N) is 1. The fourth-order valence-electron chi connectivity index (χ4n) is 1.29. The second-order valence-corrected chi connectivity index (χ2v) is 6.36. The molecule has 0 aromatic rings. The molecule has 0 aliphatic rings. The molecule has 0 aromatic carbocycles. The summed E-state index contributed by atoms with van der Waals surface area (Å²) in [5, 5.41) is 12.7. The highest BCUT2D eigenvalue weighted by atomic mass is 16.3. The SMILES string of the molecule is CCN(CC(C)(C)O)C(=O)NC(C)C(C)(C)C. The van der Waals surface area contributed by atoms with Crippen molar-refractivity contribution in [1.82, 2.24) is 10.2 Å². The summed E-state index contributed by atoms with van der Waals surface area (Å²) in [6.07, 6.45) is 0. The Labute approximate surface area is 105 Å². The van der Waals surface area contributed by atoms with Gasteiger partial charge in [-0.15, -0.1) is 0 Å². The summed E-state index contributed by atoms with van der Waals surface area (Å²) in [5.74, 6) is 0. The van der Waals surface area contributed by atoms with E-state index in [2.05, 4.69) is 26.1 Å². The van der Waals surface area contributed by atoms with Gasteiger partial charge in [-0.05, 0) is 33.1 Å². The molecule has 4 nitrogen and oxygen atoms in total. The minimum Gasteiger partial charge on any atom is -0.389 e. The van der Waals surface area contributed by atoms with Crippen molar-refractivity contribution in [3.8, 4) is 0 Å². The Bertz CT molecular complexity index is 251. The van der Waals surface area contributed by atoms with E-state index in [4.69, 9.17) is 0 Å². The molecule has 1 atom stereocenters. The van der Waals surface area contributed by atoms with Gasteiger partial charge in [-0.3, -0.25) is 0 Å². The summed E-state index contributed by atoms with van der Waals surface area (Å²) in [4.78, 5) is 13.6. The molecule has 0 heterocycles. The molecule has 0 saturated heterocycles. The van der Waals surface area contributed by atoms with Crippen LogP contribution < -0.4 is 5.32 Å². The molecule has 1 unspecified atom stereocenters. The number of likely N-dealkylation sites (N-methyl/N-ethyl adjacent to an activating group) is 1. The fourth-order valence-corrected chi connectivity index (χ4v) is 1.29. The van der Waals surface area contributed by atoms with E-state index in [1.165, 1.54) is 0 Å². The molecular formula is C13H28N2O2. The Balaban J connectivity index is 4.47. The van der Waals surface area contributed by atoms with Crippen LogP contribution in [0.5, 0.6) is 0 Å². The monoisotopic (exact) mass is 244 g/mol. The van der Waals surface area contributed by atoms with Gasteiger partial charge in [0.15, 0.2) is 0 Å². The molecule has 0 spiro atoms. The average Bonchev–Trinajstić information content (AvgIpc) is 2.10. The van der Waals surface area contributed by atoms with Gasteiger partial charge >= 0.3 is 6.03 Å². The van der Waals surface area contributed by atoms with E-state index in [1.54, 1.807) is 18.7 Å². The van der Waals surface area contributed by atoms with Crippen LogP contribution in [0.4, 0.5) is 4.79 Å². The zero-order chi connectivity index (χ0) is 13.9. The van der Waals surface area contributed by atoms with Crippen molar-refractivity contribution in [2.45, 2.75) is 60.1 Å². The third-order valence-corrected chi connectivity index (χ3v) is 2.89. The number of carbonyl (C=O) groups is 1. The van der Waals surface area contributed by atoms with Crippen molar-refractivity contribution in [3.05, 3.63) is 0 Å². The molecule has 102 valence electrons. The molecule has 2 amide bonds. The number of amides is 2. The van der Waals surface area contributed by atoms with E-state index in [-0.39, 0.29) is 17.5 Å². The standard InChI is InChI=1S/C13H28N2O2/c1-8-15(9-13(6,7)17)11(16)14-10(2)12(3,4)5/h10,17H,8-9H2,1-7H3,(H,14,16). The zero-order valence-electron chi connectivity index (χ0n) is 12.3. The van der Waals surface area contributed by atoms with Gasteiger partial charge in [0, 0.05) is 12.6 Å². The van der Waals surface area contributed by atoms with Gasteiger partial charge in [-0.2, -0.15) is 0 Å². The minimum atomic E-state index is -0.863. The molecule has 0 bridgehead atoms. The van der Waals surface area contributed by atoms with Crippen molar-refractivity contribution in [1.29, 1.82) is 0 Å². The topological polar surface area (TPSA) is 52.6 Å². The van der Waals surface area contributed by atoms with Crippen molar-refractivity contribution in [3.63, 3.8) is 0 Å². The average molecular weight is 244 g/mol. The smallest absolute Gasteiger partial charge is 0.317 e. The molecule has 0 saturated carbocycles. The molecular weight excluding hydrogens is 216 g/mol. The Morgan fingerprint density at radius 2 is 1.76 bits per heavy atom. The number of aliphatic hydroxyl groups is 1. The molecule has 0 fully saturated rings. The summed E-state index contributed by atoms with van der Waals surface area (Å²) >= 11 is 0. The Morgan fingerprint density at radius 3 is 2.06 bits per heavy atom. The first kappa shape index (κ1) is 16.2. The highest BCUT2D eigenvalue weighted by Crippen LogP contribution is 2.18. The van der Waals surface area contributed by atoms with Crippen LogP contribution in [-0.2, 0) is 0 Å². The lowest BCUT2D eigenvalue weighted by Crippen LogP contribution is -2.51. The second kappa shape index (κ2) is 5.71. The third kappa shape index (κ3) is 6.51. The van der Waals surface area contributed by atoms with Gasteiger partial charge in [0.05, 0.1) is 12.1 Å². The van der Waals surface area contributed by atoms with Gasteiger partial charge in [0.2, 0.25) is 0 Å². The first-order valence-corrected chi connectivity index (χ1v) is 6.25. The van der Waals surface area contributed by atoms with Gasteiger partial charge in [0.1, 0.15) is 0 Å². The number of urea groups is 1. The van der Waals surface area contributed by atoms with Gasteiger partial charge in [-0.1, -0.05) is 20.8 Å². The van der Waals surface area contributed by atoms with Crippen LogP contribution in [0, 0.1) is 5.41 Å². The second-order valence-electron chi connectivity index (χ2n) is 6.36. The van der Waals surface area contributed by atoms with E-state index in [9.17, 15) is 9.90 Å². The lowest BCUT2D eigenvalue weighted by molar-refractivity contribution is 0.0469. The molecule has 2 N–H and O–H groups in total. The Hall–Kier alpha value is -0.770. The van der Waals surface area contributed by atoms with E-state index in [1.807, 2.05) is 13.8 Å². The number of carbonyl (C=O) groups excluding carboxylic acids is 1. The van der Waals surface area contributed by atoms with Crippen LogP contribution in [0.3, 0.4) is 0 Å². The van der Waals surface area contributed by atoms with Crippen LogP contribution in [0.25, 0.3) is 0 Å². The van der Waals surface area contributed by atoms with Gasteiger partial charge < -0.3 is 15.3 Å². The summed E-state index contributed by atoms with van der Waals surface area (Å²) in [6, 6.07) is -0.0251. The van der Waals surface area contributed by atoms with Gasteiger partial charge in [0.25, 0.3) is 0 Å². The highest BCUT2D eigenvalue weighted by molar-refractivity contribution is 5.74. The van der Waals surface area contributed by atoms with Crippen LogP contribution in [-0.4, -0.2) is 40.8 Å². The van der Waals surface area contributed by atoms with Crippen LogP contribution in [0.15, 0.2) is 0 Å². The number of hydrogen-bond acceptors (Lipinski definition) is 2. The number of rotatable bonds is 4. The van der Waals surface area contributed by atoms with Crippen molar-refractivity contribution in [2.75, 3.05) is 13.1 Å². The quantitative estimate of drug-likeness (QED) is 0.796. The maximum Gasteiger partial charge on any atom is 0.317 e. The summed E-state index contributed by atoms with van der Waals surface area (Å²) in [6.45, 7) is 14.5. The van der Waals surface area contributed by atoms with E-state index >= 15 is 0 Å². The largest absolute Gasteiger partial charge is 0.389 e. The first-order chi connectivity index (χ1) is 7.47. The Kier molecular flexibility index (Phi) is 5.46. The fraction of sp³-hybridized carbons (Fsp3) is 0.923. The van der Waals surface area contributed by atoms with E-state index in [0.717, 1.165) is 0 Å². The van der Waals surface area contributed by atoms with Crippen LogP contribution >= 0.6 is 0 Å². The molecule has 0 aliphatic heterocycles. The maximum atomic E-state index is 12.0. The molecule has 0 radical (unpaired) electrons. The summed E-state index contributed by atoms with van der Waals surface area (Å²) in [7, 11) is 0. The van der Waals surface area contributed by atoms with Gasteiger partial charge in [-0.25, -0.2) is 4.79 Å². The molecule has 0 aromatic heterocycles. The Morgan fingerprint density at radius 1 is 1.29 bits per heavy atom. The maximum absolute atomic E-state index is 12.0. The normalized spacial score (nSPS) is 14.4.